The Morgan fingerprint density at radius 1 is 1.69 bits per heavy atom. The molecule has 2 N–H and O–H groups in total. The molecule has 0 unspecified atom stereocenters. The van der Waals surface area contributed by atoms with Crippen molar-refractivity contribution in [3.05, 3.63) is 16.5 Å². The molecule has 2 rings (SSSR count). The zero-order valence-corrected chi connectivity index (χ0v) is 8.36. The average Bonchev–Trinajstić information content (AvgIpc) is 2.42. The molecule has 70 valence electrons. The molecule has 1 aliphatic rings. The fourth-order valence-electron chi connectivity index (χ4n) is 1.62. The predicted molar refractivity (Wildman–Crippen MR) is 53.5 cm³/mol. The van der Waals surface area contributed by atoms with E-state index in [1.165, 1.54) is 10.4 Å². The molecule has 1 aromatic rings. The topological polar surface area (TPSA) is 46.3 Å². The van der Waals surface area contributed by atoms with Crippen molar-refractivity contribution < 1.29 is 4.79 Å². The zero-order chi connectivity index (χ0) is 9.42. The summed E-state index contributed by atoms with van der Waals surface area (Å²) >= 11 is 1.64. The molecular weight excluding hydrogens is 184 g/mol. The highest BCUT2D eigenvalue weighted by atomic mass is 32.1. The van der Waals surface area contributed by atoms with E-state index in [2.05, 4.69) is 0 Å². The number of hydrogen-bond donors (Lipinski definition) is 1. The third-order valence-corrected chi connectivity index (χ3v) is 3.40. The summed E-state index contributed by atoms with van der Waals surface area (Å²) in [6, 6.07) is 1.98. The molecule has 1 aliphatic heterocycles. The van der Waals surface area contributed by atoms with Crippen LogP contribution in [0.4, 0.5) is 5.00 Å². The molecule has 1 amide bonds. The van der Waals surface area contributed by atoms with Gasteiger partial charge in [0.05, 0.1) is 5.00 Å². The Morgan fingerprint density at radius 2 is 2.46 bits per heavy atom. The third kappa shape index (κ3) is 1.54. The normalized spacial score (nSPS) is 15.6. The number of anilines is 1. The van der Waals surface area contributed by atoms with Gasteiger partial charge in [-0.05, 0) is 18.1 Å². The highest BCUT2D eigenvalue weighted by Gasteiger charge is 2.19. The number of amides is 1. The Hall–Kier alpha value is -1.03. The van der Waals surface area contributed by atoms with Crippen molar-refractivity contribution in [1.82, 2.24) is 4.90 Å². The maximum absolute atomic E-state index is 11.1. The second-order valence-electron chi connectivity index (χ2n) is 3.29. The second kappa shape index (κ2) is 3.03. The molecule has 0 saturated carbocycles. The van der Waals surface area contributed by atoms with E-state index < -0.39 is 0 Å². The summed E-state index contributed by atoms with van der Waals surface area (Å²) in [5.41, 5.74) is 6.92. The number of thiophene rings is 1. The van der Waals surface area contributed by atoms with Gasteiger partial charge in [-0.1, -0.05) is 0 Å². The smallest absolute Gasteiger partial charge is 0.219 e. The van der Waals surface area contributed by atoms with Gasteiger partial charge in [-0.3, -0.25) is 4.79 Å². The fraction of sp³-hybridized carbons (Fsp3) is 0.444. The number of nitrogens with zero attached hydrogens (tertiary/aromatic N) is 1. The summed E-state index contributed by atoms with van der Waals surface area (Å²) in [5, 5.41) is 0.857. The molecule has 0 aromatic carbocycles. The molecule has 0 atom stereocenters. The summed E-state index contributed by atoms with van der Waals surface area (Å²) < 4.78 is 0. The number of nitrogens with two attached hydrogens (primary N) is 1. The predicted octanol–water partition coefficient (Wildman–Crippen LogP) is 1.23. The molecule has 0 bridgehead atoms. The molecule has 0 radical (unpaired) electrons. The van der Waals surface area contributed by atoms with E-state index in [0.29, 0.717) is 0 Å². The Balaban J connectivity index is 2.24. The Labute approximate surface area is 81.2 Å². The summed E-state index contributed by atoms with van der Waals surface area (Å²) in [6.07, 6.45) is 0.955. The van der Waals surface area contributed by atoms with E-state index in [-0.39, 0.29) is 5.91 Å². The standard InChI is InChI=1S/C9H12N2OS/c1-6(12)11-3-2-8-7(5-11)4-9(10)13-8/h4H,2-3,5,10H2,1H3. The molecule has 0 saturated heterocycles. The van der Waals surface area contributed by atoms with Crippen molar-refractivity contribution >= 4 is 22.2 Å². The van der Waals surface area contributed by atoms with Crippen LogP contribution in [0.2, 0.25) is 0 Å². The van der Waals surface area contributed by atoms with Crippen LogP contribution in [0.15, 0.2) is 6.07 Å². The van der Waals surface area contributed by atoms with Gasteiger partial charge < -0.3 is 10.6 Å². The van der Waals surface area contributed by atoms with Crippen LogP contribution in [-0.2, 0) is 17.8 Å². The van der Waals surface area contributed by atoms with Gasteiger partial charge in [-0.15, -0.1) is 11.3 Å². The number of carbonyl (C=O) groups is 1. The van der Waals surface area contributed by atoms with Crippen LogP contribution in [0.1, 0.15) is 17.4 Å². The second-order valence-corrected chi connectivity index (χ2v) is 4.46. The molecule has 0 fully saturated rings. The van der Waals surface area contributed by atoms with Crippen molar-refractivity contribution in [2.24, 2.45) is 0 Å². The number of hydrogen-bond acceptors (Lipinski definition) is 3. The van der Waals surface area contributed by atoms with Gasteiger partial charge in [0.25, 0.3) is 0 Å². The quantitative estimate of drug-likeness (QED) is 0.678. The van der Waals surface area contributed by atoms with E-state index >= 15 is 0 Å². The first-order chi connectivity index (χ1) is 6.16. The van der Waals surface area contributed by atoms with E-state index in [1.807, 2.05) is 11.0 Å². The summed E-state index contributed by atoms with van der Waals surface area (Å²) in [6.45, 7) is 3.18. The van der Waals surface area contributed by atoms with Gasteiger partial charge in [-0.2, -0.15) is 0 Å². The van der Waals surface area contributed by atoms with Crippen LogP contribution >= 0.6 is 11.3 Å². The lowest BCUT2D eigenvalue weighted by Crippen LogP contribution is -2.33. The lowest BCUT2D eigenvalue weighted by atomic mass is 10.1. The van der Waals surface area contributed by atoms with Crippen LogP contribution in [0.25, 0.3) is 0 Å². The van der Waals surface area contributed by atoms with Crippen molar-refractivity contribution in [2.75, 3.05) is 12.3 Å². The van der Waals surface area contributed by atoms with E-state index in [1.54, 1.807) is 18.3 Å². The van der Waals surface area contributed by atoms with Gasteiger partial charge in [-0.25, -0.2) is 0 Å². The molecule has 4 heteroatoms. The highest BCUT2D eigenvalue weighted by Crippen LogP contribution is 2.29. The van der Waals surface area contributed by atoms with E-state index in [9.17, 15) is 4.79 Å². The van der Waals surface area contributed by atoms with Crippen molar-refractivity contribution in [3.8, 4) is 0 Å². The molecule has 0 aliphatic carbocycles. The van der Waals surface area contributed by atoms with Crippen molar-refractivity contribution in [1.29, 1.82) is 0 Å². The zero-order valence-electron chi connectivity index (χ0n) is 7.54. The highest BCUT2D eigenvalue weighted by molar-refractivity contribution is 7.16. The Bertz CT molecular complexity index is 345. The van der Waals surface area contributed by atoms with Crippen molar-refractivity contribution in [2.45, 2.75) is 19.9 Å². The van der Waals surface area contributed by atoms with Gasteiger partial charge >= 0.3 is 0 Å². The van der Waals surface area contributed by atoms with E-state index in [0.717, 1.165) is 24.5 Å². The largest absolute Gasteiger partial charge is 0.391 e. The minimum absolute atomic E-state index is 0.149. The van der Waals surface area contributed by atoms with Gasteiger partial charge in [0.1, 0.15) is 0 Å². The van der Waals surface area contributed by atoms with E-state index in [4.69, 9.17) is 5.73 Å². The van der Waals surface area contributed by atoms with Crippen molar-refractivity contribution in [3.63, 3.8) is 0 Å². The van der Waals surface area contributed by atoms with Crippen LogP contribution in [0, 0.1) is 0 Å². The maximum atomic E-state index is 11.1. The average molecular weight is 196 g/mol. The minimum Gasteiger partial charge on any atom is -0.391 e. The summed E-state index contributed by atoms with van der Waals surface area (Å²) in [7, 11) is 0. The lowest BCUT2D eigenvalue weighted by molar-refractivity contribution is -0.129. The first-order valence-electron chi connectivity index (χ1n) is 4.29. The monoisotopic (exact) mass is 196 g/mol. The fourth-order valence-corrected chi connectivity index (χ4v) is 2.56. The first-order valence-corrected chi connectivity index (χ1v) is 5.11. The maximum Gasteiger partial charge on any atom is 0.219 e. The van der Waals surface area contributed by atoms with Gasteiger partial charge in [0.15, 0.2) is 0 Å². The van der Waals surface area contributed by atoms with Crippen LogP contribution in [0.3, 0.4) is 0 Å². The number of carbonyl (C=O) groups excluding carboxylic acids is 1. The number of rotatable bonds is 0. The lowest BCUT2D eigenvalue weighted by Gasteiger charge is -2.25. The van der Waals surface area contributed by atoms with Crippen LogP contribution in [-0.4, -0.2) is 17.4 Å². The van der Waals surface area contributed by atoms with Gasteiger partial charge in [0.2, 0.25) is 5.91 Å². The first kappa shape index (κ1) is 8.56. The minimum atomic E-state index is 0.149. The number of fused-ring (bicyclic) bond motifs is 1. The third-order valence-electron chi connectivity index (χ3n) is 2.33. The number of nitrogen functional groups attached to an aromatic ring is 1. The molecule has 3 nitrogen and oxygen atoms in total. The molecule has 1 aromatic heterocycles. The molecule has 13 heavy (non-hydrogen) atoms. The van der Waals surface area contributed by atoms with Crippen LogP contribution in [0.5, 0.6) is 0 Å². The molecular formula is C9H12N2OS. The van der Waals surface area contributed by atoms with Crippen LogP contribution < -0.4 is 5.73 Å². The Kier molecular flexibility index (Phi) is 2.00. The summed E-state index contributed by atoms with van der Waals surface area (Å²) in [5.74, 6) is 0.149. The summed E-state index contributed by atoms with van der Waals surface area (Å²) in [4.78, 5) is 14.3. The van der Waals surface area contributed by atoms with Gasteiger partial charge in [0, 0.05) is 24.9 Å². The SMILES string of the molecule is CC(=O)N1CCc2sc(N)cc2C1. The molecule has 0 spiro atoms. The Morgan fingerprint density at radius 3 is 3.15 bits per heavy atom. The molecule has 2 heterocycles.